The second-order valence-electron chi connectivity index (χ2n) is 5.04. The first kappa shape index (κ1) is 21.5. The molecule has 8 nitrogen and oxygen atoms in total. The highest BCUT2D eigenvalue weighted by atomic mass is 31.2. The lowest BCUT2D eigenvalue weighted by molar-refractivity contribution is -0.127. The van der Waals surface area contributed by atoms with Crippen LogP contribution < -0.4 is 0 Å². The highest BCUT2D eigenvalue weighted by Gasteiger charge is 2.35. The molecule has 0 aromatic rings. The number of nitrogens with zero attached hydrogens (tertiary/aromatic N) is 1. The van der Waals surface area contributed by atoms with Gasteiger partial charge in [0, 0.05) is 12.7 Å². The van der Waals surface area contributed by atoms with Crippen molar-refractivity contribution in [3.63, 3.8) is 0 Å². The molecule has 4 N–H and O–H groups in total. The van der Waals surface area contributed by atoms with Crippen LogP contribution in [0.4, 0.5) is 0 Å². The van der Waals surface area contributed by atoms with Crippen LogP contribution in [0, 0.1) is 0 Å². The highest BCUT2D eigenvalue weighted by molar-refractivity contribution is 7.52. The van der Waals surface area contributed by atoms with Crippen LogP contribution in [0.3, 0.4) is 0 Å². The lowest BCUT2D eigenvalue weighted by Gasteiger charge is -2.31. The van der Waals surface area contributed by atoms with Gasteiger partial charge < -0.3 is 24.5 Å². The summed E-state index contributed by atoms with van der Waals surface area (Å²) in [6.07, 6.45) is 2.44. The molecule has 0 aliphatic rings. The van der Waals surface area contributed by atoms with Crippen LogP contribution in [-0.4, -0.2) is 48.9 Å². The molecule has 0 spiro atoms. The molecule has 0 aromatic carbocycles. The quantitative estimate of drug-likeness (QED) is 0.251. The number of unbranched alkanes of at least 4 members (excludes halogenated alkanes) is 2. The van der Waals surface area contributed by atoms with E-state index in [-0.39, 0.29) is 25.5 Å². The van der Waals surface area contributed by atoms with Crippen molar-refractivity contribution >= 4 is 21.1 Å². The Kier molecular flexibility index (Phi) is 9.39. The smallest absolute Gasteiger partial charge is 0.324 e. The summed E-state index contributed by atoms with van der Waals surface area (Å²) in [5.41, 5.74) is 0. The van der Waals surface area contributed by atoms with E-state index in [9.17, 15) is 23.7 Å². The van der Waals surface area contributed by atoms with E-state index in [1.807, 2.05) is 0 Å². The molecular formula is C12H25NO7P2. The van der Waals surface area contributed by atoms with Crippen molar-refractivity contribution in [3.05, 3.63) is 12.7 Å². The van der Waals surface area contributed by atoms with Crippen LogP contribution >= 0.6 is 15.2 Å². The molecule has 10 heteroatoms. The zero-order valence-electron chi connectivity index (χ0n) is 12.7. The van der Waals surface area contributed by atoms with Crippen molar-refractivity contribution in [2.24, 2.45) is 0 Å². The van der Waals surface area contributed by atoms with E-state index >= 15 is 0 Å². The third-order valence-corrected chi connectivity index (χ3v) is 5.29. The molecule has 0 aromatic heterocycles. The number of amides is 1. The van der Waals surface area contributed by atoms with E-state index < -0.39 is 26.9 Å². The Labute approximate surface area is 130 Å². The van der Waals surface area contributed by atoms with Crippen molar-refractivity contribution in [2.75, 3.05) is 12.7 Å². The monoisotopic (exact) mass is 357 g/mol. The second kappa shape index (κ2) is 9.60. The van der Waals surface area contributed by atoms with Gasteiger partial charge in [0.1, 0.15) is 5.78 Å². The van der Waals surface area contributed by atoms with E-state index in [4.69, 9.17) is 9.79 Å². The largest absolute Gasteiger partial charge is 0.347 e. The summed E-state index contributed by atoms with van der Waals surface area (Å²) in [6.45, 7) is 5.34. The van der Waals surface area contributed by atoms with Gasteiger partial charge in [-0.05, 0) is 25.3 Å². The van der Waals surface area contributed by atoms with Gasteiger partial charge in [0.05, 0.1) is 0 Å². The van der Waals surface area contributed by atoms with Crippen molar-refractivity contribution in [2.45, 2.75) is 44.8 Å². The standard InChI is InChI=1S/C12H25NO7P2/c1-3-9-13(11(14)4-2)12(22(18,19)20)8-6-5-7-10-21(15,16)17/h4,12H,2-3,5-10H2,1H3,(H2,15,16,17)(H2,18,19,20). The Balaban J connectivity index is 4.71. The normalized spacial score (nSPS) is 13.7. The molecule has 0 aliphatic heterocycles. The third kappa shape index (κ3) is 8.83. The Morgan fingerprint density at radius 3 is 2.18 bits per heavy atom. The molecule has 1 amide bonds. The van der Waals surface area contributed by atoms with E-state index in [2.05, 4.69) is 6.58 Å². The average Bonchev–Trinajstić information content (AvgIpc) is 2.37. The number of rotatable bonds is 11. The topological polar surface area (TPSA) is 135 Å². The minimum atomic E-state index is -4.51. The predicted octanol–water partition coefficient (Wildman–Crippen LogP) is 1.65. The van der Waals surface area contributed by atoms with Crippen LogP contribution in [0.25, 0.3) is 0 Å². The first-order valence-corrected chi connectivity index (χ1v) is 10.5. The molecule has 0 fully saturated rings. The minimum absolute atomic E-state index is 0.0744. The van der Waals surface area contributed by atoms with E-state index in [0.29, 0.717) is 19.3 Å². The van der Waals surface area contributed by atoms with Crippen molar-refractivity contribution in [1.82, 2.24) is 4.90 Å². The summed E-state index contributed by atoms with van der Waals surface area (Å²) in [5, 5.41) is 0. The van der Waals surface area contributed by atoms with E-state index in [1.165, 1.54) is 0 Å². The third-order valence-electron chi connectivity index (χ3n) is 3.08. The maximum absolute atomic E-state index is 11.8. The summed E-state index contributed by atoms with van der Waals surface area (Å²) in [7, 11) is -8.55. The summed E-state index contributed by atoms with van der Waals surface area (Å²) in [4.78, 5) is 49.3. The maximum atomic E-state index is 11.8. The molecule has 130 valence electrons. The zero-order valence-corrected chi connectivity index (χ0v) is 14.5. The summed E-state index contributed by atoms with van der Waals surface area (Å²) < 4.78 is 22.3. The van der Waals surface area contributed by atoms with Gasteiger partial charge in [-0.3, -0.25) is 13.9 Å². The van der Waals surface area contributed by atoms with Gasteiger partial charge in [-0.1, -0.05) is 26.3 Å². The highest BCUT2D eigenvalue weighted by Crippen LogP contribution is 2.46. The van der Waals surface area contributed by atoms with Crippen molar-refractivity contribution < 1.29 is 33.5 Å². The van der Waals surface area contributed by atoms with Gasteiger partial charge in [0.15, 0.2) is 0 Å². The first-order chi connectivity index (χ1) is 10.0. The molecule has 0 bridgehead atoms. The van der Waals surface area contributed by atoms with Crippen molar-refractivity contribution in [1.29, 1.82) is 0 Å². The molecule has 1 atom stereocenters. The van der Waals surface area contributed by atoms with Gasteiger partial charge in [-0.2, -0.15) is 0 Å². The molecule has 0 radical (unpaired) electrons. The lowest BCUT2D eigenvalue weighted by Crippen LogP contribution is -2.39. The summed E-state index contributed by atoms with van der Waals surface area (Å²) in [5.74, 6) is -1.77. The van der Waals surface area contributed by atoms with Crippen LogP contribution in [-0.2, 0) is 13.9 Å². The lowest BCUT2D eigenvalue weighted by atomic mass is 10.2. The average molecular weight is 357 g/mol. The SMILES string of the molecule is C=CC(=O)N(CCC)C(CCCCCP(=O)(O)O)P(=O)(O)O. The molecule has 22 heavy (non-hydrogen) atoms. The van der Waals surface area contributed by atoms with Crippen LogP contribution in [0.5, 0.6) is 0 Å². The summed E-state index contributed by atoms with van der Waals surface area (Å²) >= 11 is 0. The fraction of sp³-hybridized carbons (Fsp3) is 0.750. The fourth-order valence-corrected chi connectivity index (χ4v) is 3.84. The van der Waals surface area contributed by atoms with Gasteiger partial charge in [0.25, 0.3) is 0 Å². The van der Waals surface area contributed by atoms with Gasteiger partial charge >= 0.3 is 15.2 Å². The number of carbonyl (C=O) groups is 1. The summed E-state index contributed by atoms with van der Waals surface area (Å²) in [6, 6.07) is 0. The Morgan fingerprint density at radius 2 is 1.77 bits per heavy atom. The van der Waals surface area contributed by atoms with Crippen molar-refractivity contribution in [3.8, 4) is 0 Å². The number of carbonyl (C=O) groups excluding carboxylic acids is 1. The number of hydrogen-bond donors (Lipinski definition) is 4. The zero-order chi connectivity index (χ0) is 17.4. The predicted molar refractivity (Wildman–Crippen MR) is 83.4 cm³/mol. The van der Waals surface area contributed by atoms with Crippen LogP contribution in [0.2, 0.25) is 0 Å². The first-order valence-electron chi connectivity index (χ1n) is 7.05. The molecule has 0 saturated carbocycles. The maximum Gasteiger partial charge on any atom is 0.347 e. The van der Waals surface area contributed by atoms with Crippen LogP contribution in [0.1, 0.15) is 39.0 Å². The molecule has 0 saturated heterocycles. The second-order valence-corrected chi connectivity index (χ2v) is 8.59. The van der Waals surface area contributed by atoms with E-state index in [0.717, 1.165) is 11.0 Å². The van der Waals surface area contributed by atoms with Gasteiger partial charge in [0.2, 0.25) is 5.91 Å². The van der Waals surface area contributed by atoms with Gasteiger partial charge in [-0.15, -0.1) is 0 Å². The minimum Gasteiger partial charge on any atom is -0.324 e. The van der Waals surface area contributed by atoms with Crippen LogP contribution in [0.15, 0.2) is 12.7 Å². The molecule has 0 aliphatic carbocycles. The fourth-order valence-electron chi connectivity index (χ4n) is 2.09. The molecule has 0 rings (SSSR count). The van der Waals surface area contributed by atoms with Gasteiger partial charge in [-0.25, -0.2) is 0 Å². The molecule has 0 heterocycles. The number of hydrogen-bond acceptors (Lipinski definition) is 3. The molecular weight excluding hydrogens is 332 g/mol. The Morgan fingerprint density at radius 1 is 1.18 bits per heavy atom. The molecule has 1 unspecified atom stereocenters. The van der Waals surface area contributed by atoms with E-state index in [1.54, 1.807) is 6.92 Å². The Hall–Kier alpha value is -0.490. The Bertz CT molecular complexity index is 456.